The lowest BCUT2D eigenvalue weighted by molar-refractivity contribution is -0.120. The van der Waals surface area contributed by atoms with Gasteiger partial charge < -0.3 is 19.4 Å². The molecule has 0 unspecified atom stereocenters. The first-order valence-corrected chi connectivity index (χ1v) is 12.6. The molecule has 1 heterocycles. The number of hydrogen-bond acceptors (Lipinski definition) is 4. The Morgan fingerprint density at radius 1 is 0.944 bits per heavy atom. The van der Waals surface area contributed by atoms with Gasteiger partial charge in [0.05, 0.1) is 38.2 Å². The largest absolute Gasteiger partial charge is 0.493 e. The Kier molecular flexibility index (Phi) is 8.85. The fraction of sp³-hybridized carbons (Fsp3) is 0.310. The van der Waals surface area contributed by atoms with E-state index in [9.17, 15) is 4.79 Å². The minimum absolute atomic E-state index is 0.00347. The number of ether oxygens (including phenoxy) is 2. The van der Waals surface area contributed by atoms with Crippen molar-refractivity contribution in [2.45, 2.75) is 38.6 Å². The number of unbranched alkanes of at least 4 members (excludes halogenated alkanes) is 2. The zero-order chi connectivity index (χ0) is 25.3. The molecule has 0 fully saturated rings. The maximum absolute atomic E-state index is 12.4. The van der Waals surface area contributed by atoms with E-state index in [0.717, 1.165) is 58.7 Å². The second-order valence-electron chi connectivity index (χ2n) is 8.72. The van der Waals surface area contributed by atoms with Crippen LogP contribution in [-0.4, -0.2) is 36.2 Å². The minimum Gasteiger partial charge on any atom is -0.493 e. The number of nitrogens with one attached hydrogen (secondary N) is 1. The highest BCUT2D eigenvalue weighted by molar-refractivity contribution is 6.31. The molecule has 0 spiro atoms. The number of amides is 1. The molecule has 188 valence electrons. The van der Waals surface area contributed by atoms with E-state index in [1.807, 2.05) is 48.5 Å². The Bertz CT molecular complexity index is 1320. The third kappa shape index (κ3) is 6.38. The van der Waals surface area contributed by atoms with Gasteiger partial charge in [0.2, 0.25) is 5.91 Å². The molecule has 0 bridgehead atoms. The standard InChI is InChI=1S/C29H32ClN3O3/c1-35-26-16-15-21(18-27(26)36-2)19-29(34)31-17-9-3-4-14-28-32-24-12-7-8-13-25(24)33(28)20-22-10-5-6-11-23(22)30/h5-8,10-13,15-16,18H,3-4,9,14,17,19-20H2,1-2H3,(H,31,34). The lowest BCUT2D eigenvalue weighted by atomic mass is 10.1. The highest BCUT2D eigenvalue weighted by Crippen LogP contribution is 2.27. The van der Waals surface area contributed by atoms with Crippen LogP contribution in [0.2, 0.25) is 5.02 Å². The summed E-state index contributed by atoms with van der Waals surface area (Å²) < 4.78 is 12.8. The number of fused-ring (bicyclic) bond motifs is 1. The average Bonchev–Trinajstić information content (AvgIpc) is 3.24. The molecule has 0 saturated carbocycles. The fourth-order valence-electron chi connectivity index (χ4n) is 4.34. The van der Waals surface area contributed by atoms with Crippen LogP contribution < -0.4 is 14.8 Å². The number of halogens is 1. The van der Waals surface area contributed by atoms with Crippen LogP contribution in [-0.2, 0) is 24.2 Å². The molecule has 0 radical (unpaired) electrons. The van der Waals surface area contributed by atoms with E-state index >= 15 is 0 Å². The molecular formula is C29H32ClN3O3. The van der Waals surface area contributed by atoms with Crippen molar-refractivity contribution in [3.8, 4) is 11.5 Å². The van der Waals surface area contributed by atoms with Crippen LogP contribution in [0.4, 0.5) is 0 Å². The lowest BCUT2D eigenvalue weighted by Gasteiger charge is -2.11. The van der Waals surface area contributed by atoms with E-state index in [1.165, 1.54) is 0 Å². The van der Waals surface area contributed by atoms with Crippen LogP contribution in [0.15, 0.2) is 66.7 Å². The molecule has 4 rings (SSSR count). The van der Waals surface area contributed by atoms with Crippen molar-refractivity contribution in [3.05, 3.63) is 88.7 Å². The topological polar surface area (TPSA) is 65.4 Å². The maximum Gasteiger partial charge on any atom is 0.224 e. The molecule has 4 aromatic rings. The Hall–Kier alpha value is -3.51. The highest BCUT2D eigenvalue weighted by Gasteiger charge is 2.12. The number of benzene rings is 3. The first-order valence-electron chi connectivity index (χ1n) is 12.2. The van der Waals surface area contributed by atoms with Crippen LogP contribution in [0.1, 0.15) is 36.2 Å². The van der Waals surface area contributed by atoms with Crippen molar-refractivity contribution >= 4 is 28.5 Å². The second kappa shape index (κ2) is 12.5. The smallest absolute Gasteiger partial charge is 0.224 e. The Morgan fingerprint density at radius 2 is 1.72 bits per heavy atom. The zero-order valence-electron chi connectivity index (χ0n) is 20.8. The summed E-state index contributed by atoms with van der Waals surface area (Å²) in [6.07, 6.45) is 4.11. The van der Waals surface area contributed by atoms with Crippen LogP contribution >= 0.6 is 11.6 Å². The predicted molar refractivity (Wildman–Crippen MR) is 144 cm³/mol. The summed E-state index contributed by atoms with van der Waals surface area (Å²) in [4.78, 5) is 17.2. The second-order valence-corrected chi connectivity index (χ2v) is 9.13. The van der Waals surface area contributed by atoms with Gasteiger partial charge in [-0.3, -0.25) is 4.79 Å². The number of carbonyl (C=O) groups is 1. The number of rotatable bonds is 12. The molecular weight excluding hydrogens is 474 g/mol. The molecule has 3 aromatic carbocycles. The van der Waals surface area contributed by atoms with Crippen LogP contribution in [0.5, 0.6) is 11.5 Å². The Morgan fingerprint density at radius 3 is 2.53 bits per heavy atom. The zero-order valence-corrected chi connectivity index (χ0v) is 21.6. The van der Waals surface area contributed by atoms with Gasteiger partial charge >= 0.3 is 0 Å². The number of para-hydroxylation sites is 2. The van der Waals surface area contributed by atoms with Gasteiger partial charge in [0, 0.05) is 18.0 Å². The number of nitrogens with zero attached hydrogens (tertiary/aromatic N) is 2. The van der Waals surface area contributed by atoms with Crippen molar-refractivity contribution in [2.75, 3.05) is 20.8 Å². The monoisotopic (exact) mass is 505 g/mol. The molecule has 0 aliphatic rings. The van der Waals surface area contributed by atoms with Crippen molar-refractivity contribution < 1.29 is 14.3 Å². The van der Waals surface area contributed by atoms with Gasteiger partial charge in [-0.2, -0.15) is 0 Å². The van der Waals surface area contributed by atoms with Gasteiger partial charge in [0.15, 0.2) is 11.5 Å². The van der Waals surface area contributed by atoms with E-state index in [-0.39, 0.29) is 5.91 Å². The number of aromatic nitrogens is 2. The number of methoxy groups -OCH3 is 2. The van der Waals surface area contributed by atoms with E-state index in [0.29, 0.717) is 31.0 Å². The van der Waals surface area contributed by atoms with Gasteiger partial charge in [0.25, 0.3) is 0 Å². The van der Waals surface area contributed by atoms with E-state index in [4.69, 9.17) is 26.1 Å². The van der Waals surface area contributed by atoms with E-state index in [2.05, 4.69) is 28.1 Å². The molecule has 0 aliphatic carbocycles. The van der Waals surface area contributed by atoms with Crippen LogP contribution in [0.3, 0.4) is 0 Å². The van der Waals surface area contributed by atoms with Crippen molar-refractivity contribution in [1.29, 1.82) is 0 Å². The molecule has 0 saturated heterocycles. The van der Waals surface area contributed by atoms with Crippen LogP contribution in [0.25, 0.3) is 11.0 Å². The maximum atomic E-state index is 12.4. The van der Waals surface area contributed by atoms with E-state index in [1.54, 1.807) is 14.2 Å². The van der Waals surface area contributed by atoms with Gasteiger partial charge in [-0.25, -0.2) is 4.98 Å². The molecule has 36 heavy (non-hydrogen) atoms. The molecule has 1 N–H and O–H groups in total. The van der Waals surface area contributed by atoms with Gasteiger partial charge in [-0.15, -0.1) is 0 Å². The summed E-state index contributed by atoms with van der Waals surface area (Å²) in [6, 6.07) is 21.7. The summed E-state index contributed by atoms with van der Waals surface area (Å²) in [5.74, 6) is 2.35. The van der Waals surface area contributed by atoms with Crippen molar-refractivity contribution in [2.24, 2.45) is 0 Å². The molecule has 7 heteroatoms. The summed E-state index contributed by atoms with van der Waals surface area (Å²) in [5.41, 5.74) is 4.10. The first kappa shape index (κ1) is 25.6. The summed E-state index contributed by atoms with van der Waals surface area (Å²) >= 11 is 6.43. The third-order valence-corrected chi connectivity index (χ3v) is 6.60. The van der Waals surface area contributed by atoms with Gasteiger partial charge in [-0.05, 0) is 54.3 Å². The Balaban J connectivity index is 1.27. The molecule has 0 atom stereocenters. The number of hydrogen-bond donors (Lipinski definition) is 1. The Labute approximate surface area is 217 Å². The van der Waals surface area contributed by atoms with Crippen molar-refractivity contribution in [3.63, 3.8) is 0 Å². The van der Waals surface area contributed by atoms with Gasteiger partial charge in [-0.1, -0.05) is 54.4 Å². The number of imidazole rings is 1. The van der Waals surface area contributed by atoms with Crippen LogP contribution in [0, 0.1) is 0 Å². The minimum atomic E-state index is 0.00347. The summed E-state index contributed by atoms with van der Waals surface area (Å²) in [7, 11) is 3.19. The molecule has 0 aliphatic heterocycles. The summed E-state index contributed by atoms with van der Waals surface area (Å²) in [6.45, 7) is 1.35. The molecule has 1 amide bonds. The molecule has 6 nitrogen and oxygen atoms in total. The number of carbonyl (C=O) groups excluding carboxylic acids is 1. The fourth-order valence-corrected chi connectivity index (χ4v) is 4.54. The molecule has 1 aromatic heterocycles. The summed E-state index contributed by atoms with van der Waals surface area (Å²) in [5, 5.41) is 3.79. The lowest BCUT2D eigenvalue weighted by Crippen LogP contribution is -2.26. The first-order chi connectivity index (χ1) is 17.6. The average molecular weight is 506 g/mol. The highest BCUT2D eigenvalue weighted by atomic mass is 35.5. The van der Waals surface area contributed by atoms with Crippen molar-refractivity contribution in [1.82, 2.24) is 14.9 Å². The number of aryl methyl sites for hydroxylation is 1. The predicted octanol–water partition coefficient (Wildman–Crippen LogP) is 5.83. The third-order valence-electron chi connectivity index (χ3n) is 6.23. The SMILES string of the molecule is COc1ccc(CC(=O)NCCCCCc2nc3ccccc3n2Cc2ccccc2Cl)cc1OC. The van der Waals surface area contributed by atoms with E-state index < -0.39 is 0 Å². The van der Waals surface area contributed by atoms with Gasteiger partial charge in [0.1, 0.15) is 5.82 Å². The quantitative estimate of drug-likeness (QED) is 0.246. The normalized spacial score (nSPS) is 11.0.